The molecule has 0 saturated heterocycles. The highest BCUT2D eigenvalue weighted by atomic mass is 16.5. The molecule has 0 saturated carbocycles. The summed E-state index contributed by atoms with van der Waals surface area (Å²) in [5.41, 5.74) is 4.38. The zero-order valence-corrected chi connectivity index (χ0v) is 18.2. The third kappa shape index (κ3) is 3.85. The van der Waals surface area contributed by atoms with Crippen LogP contribution in [-0.4, -0.2) is 17.2 Å². The van der Waals surface area contributed by atoms with E-state index in [9.17, 15) is 9.90 Å². The van der Waals surface area contributed by atoms with E-state index in [1.54, 1.807) is 25.3 Å². The number of rotatable bonds is 4. The highest BCUT2D eigenvalue weighted by Crippen LogP contribution is 2.36. The first-order valence-electron chi connectivity index (χ1n) is 10.5. The van der Waals surface area contributed by atoms with Crippen LogP contribution in [0.4, 0.5) is 0 Å². The zero-order chi connectivity index (χ0) is 22.9. The van der Waals surface area contributed by atoms with Gasteiger partial charge < -0.3 is 14.3 Å². The monoisotopic (exact) mass is 435 g/mol. The molecule has 0 spiro atoms. The van der Waals surface area contributed by atoms with Crippen molar-refractivity contribution < 1.29 is 14.3 Å². The summed E-state index contributed by atoms with van der Waals surface area (Å²) in [5.74, 6) is 0.610. The Morgan fingerprint density at radius 2 is 1.55 bits per heavy atom. The molecule has 33 heavy (non-hydrogen) atoms. The maximum Gasteiger partial charge on any atom is 0.349 e. The molecule has 5 nitrogen and oxygen atoms in total. The van der Waals surface area contributed by atoms with Gasteiger partial charge in [-0.25, -0.2) is 9.78 Å². The van der Waals surface area contributed by atoms with Crippen LogP contribution in [0, 0.1) is 6.92 Å². The van der Waals surface area contributed by atoms with Gasteiger partial charge in [0, 0.05) is 5.56 Å². The van der Waals surface area contributed by atoms with Gasteiger partial charge >= 0.3 is 5.63 Å². The molecule has 5 rings (SSSR count). The number of aryl methyl sites for hydroxylation is 1. The van der Waals surface area contributed by atoms with E-state index in [2.05, 4.69) is 0 Å². The molecule has 1 N–H and O–H groups in total. The lowest BCUT2D eigenvalue weighted by Gasteiger charge is -2.12. The molecule has 0 unspecified atom stereocenters. The molecule has 0 aliphatic rings. The lowest BCUT2D eigenvalue weighted by Crippen LogP contribution is -2.05. The number of hydrogen-bond acceptors (Lipinski definition) is 5. The Labute approximate surface area is 190 Å². The molecule has 3 aromatic carbocycles. The van der Waals surface area contributed by atoms with Gasteiger partial charge in [-0.3, -0.25) is 0 Å². The van der Waals surface area contributed by atoms with Crippen molar-refractivity contribution >= 4 is 11.0 Å². The van der Waals surface area contributed by atoms with E-state index in [-0.39, 0.29) is 11.3 Å². The number of hydrogen-bond donors (Lipinski definition) is 1. The molecule has 2 aromatic heterocycles. The van der Waals surface area contributed by atoms with Crippen LogP contribution in [0.15, 0.2) is 94.1 Å². The fourth-order valence-electron chi connectivity index (χ4n) is 3.88. The molecule has 0 bridgehead atoms. The highest BCUT2D eigenvalue weighted by molar-refractivity contribution is 5.91. The fraction of sp³-hybridized carbons (Fsp3) is 0.0714. The van der Waals surface area contributed by atoms with Crippen LogP contribution in [0.1, 0.15) is 5.56 Å². The number of nitrogens with zero attached hydrogens (tertiary/aromatic N) is 1. The van der Waals surface area contributed by atoms with Gasteiger partial charge in [-0.2, -0.15) is 0 Å². The number of methoxy groups -OCH3 is 1. The summed E-state index contributed by atoms with van der Waals surface area (Å²) in [5, 5.41) is 11.5. The van der Waals surface area contributed by atoms with E-state index in [0.717, 1.165) is 28.0 Å². The van der Waals surface area contributed by atoms with E-state index in [0.29, 0.717) is 22.4 Å². The second-order valence-electron chi connectivity index (χ2n) is 7.83. The molecule has 5 aromatic rings. The largest absolute Gasteiger partial charge is 0.506 e. The summed E-state index contributed by atoms with van der Waals surface area (Å²) in [7, 11) is 1.62. The van der Waals surface area contributed by atoms with Crippen LogP contribution >= 0.6 is 0 Å². The minimum Gasteiger partial charge on any atom is -0.506 e. The van der Waals surface area contributed by atoms with Crippen LogP contribution in [0.25, 0.3) is 44.6 Å². The molecular weight excluding hydrogens is 414 g/mol. The van der Waals surface area contributed by atoms with Gasteiger partial charge in [0.15, 0.2) is 0 Å². The molecule has 0 fully saturated rings. The van der Waals surface area contributed by atoms with E-state index >= 15 is 0 Å². The summed E-state index contributed by atoms with van der Waals surface area (Å²) >= 11 is 0. The number of pyridine rings is 1. The molecule has 0 aliphatic carbocycles. The van der Waals surface area contributed by atoms with Gasteiger partial charge in [0.05, 0.1) is 23.9 Å². The Bertz CT molecular complexity index is 1520. The average Bonchev–Trinajstić information content (AvgIpc) is 2.84. The Balaban J connectivity index is 1.77. The first kappa shape index (κ1) is 20.5. The molecule has 0 atom stereocenters. The van der Waals surface area contributed by atoms with E-state index in [4.69, 9.17) is 14.1 Å². The lowest BCUT2D eigenvalue weighted by molar-refractivity contribution is 0.415. The quantitative estimate of drug-likeness (QED) is 0.340. The van der Waals surface area contributed by atoms with Crippen molar-refractivity contribution in [2.24, 2.45) is 0 Å². The average molecular weight is 435 g/mol. The van der Waals surface area contributed by atoms with E-state index in [1.807, 2.05) is 73.7 Å². The normalized spacial score (nSPS) is 11.0. The number of ether oxygens (including phenoxy) is 1. The Hall–Kier alpha value is -4.38. The van der Waals surface area contributed by atoms with Gasteiger partial charge in [0.25, 0.3) is 0 Å². The summed E-state index contributed by atoms with van der Waals surface area (Å²) in [6, 6.07) is 26.4. The first-order chi connectivity index (χ1) is 16.0. The molecule has 0 amide bonds. The fourth-order valence-corrected chi connectivity index (χ4v) is 3.88. The van der Waals surface area contributed by atoms with E-state index in [1.165, 1.54) is 0 Å². The smallest absolute Gasteiger partial charge is 0.349 e. The predicted octanol–water partition coefficient (Wildman–Crippen LogP) is 6.21. The number of fused-ring (bicyclic) bond motifs is 1. The Morgan fingerprint density at radius 3 is 2.27 bits per heavy atom. The van der Waals surface area contributed by atoms with Crippen molar-refractivity contribution in [2.75, 3.05) is 7.11 Å². The summed E-state index contributed by atoms with van der Waals surface area (Å²) in [4.78, 5) is 17.7. The maximum atomic E-state index is 13.0. The number of aromatic nitrogens is 1. The minimum atomic E-state index is -0.635. The van der Waals surface area contributed by atoms with Gasteiger partial charge in [0.1, 0.15) is 22.6 Å². The van der Waals surface area contributed by atoms with Gasteiger partial charge in [-0.1, -0.05) is 48.5 Å². The molecule has 2 heterocycles. The van der Waals surface area contributed by atoms with Crippen LogP contribution in [-0.2, 0) is 0 Å². The molecular formula is C28H21NO4. The van der Waals surface area contributed by atoms with Crippen LogP contribution in [0.3, 0.4) is 0 Å². The van der Waals surface area contributed by atoms with Gasteiger partial charge in [-0.15, -0.1) is 0 Å². The third-order valence-electron chi connectivity index (χ3n) is 5.61. The van der Waals surface area contributed by atoms with Crippen LogP contribution < -0.4 is 10.4 Å². The van der Waals surface area contributed by atoms with Crippen LogP contribution in [0.5, 0.6) is 11.5 Å². The minimum absolute atomic E-state index is 0.0406. The second kappa shape index (κ2) is 8.28. The standard InChI is InChI=1S/C28H21NO4/c1-17-8-13-22-25(14-17)33-28(31)26(27(22)30)24-16-20(18-9-11-21(32-2)12-10-18)15-23(29-24)19-6-4-3-5-7-19/h3-16,30H,1-2H3. The van der Waals surface area contributed by atoms with Crippen molar-refractivity contribution in [1.29, 1.82) is 0 Å². The van der Waals surface area contributed by atoms with Gasteiger partial charge in [-0.05, 0) is 60.0 Å². The zero-order valence-electron chi connectivity index (χ0n) is 18.2. The van der Waals surface area contributed by atoms with Crippen molar-refractivity contribution in [3.05, 3.63) is 101 Å². The van der Waals surface area contributed by atoms with Crippen molar-refractivity contribution in [3.63, 3.8) is 0 Å². The summed E-state index contributed by atoms with van der Waals surface area (Å²) in [6.07, 6.45) is 0. The predicted molar refractivity (Wildman–Crippen MR) is 130 cm³/mol. The number of aromatic hydroxyl groups is 1. The molecule has 0 radical (unpaired) electrons. The van der Waals surface area contributed by atoms with Crippen molar-refractivity contribution in [1.82, 2.24) is 4.98 Å². The highest BCUT2D eigenvalue weighted by Gasteiger charge is 2.19. The first-order valence-corrected chi connectivity index (χ1v) is 10.5. The van der Waals surface area contributed by atoms with E-state index < -0.39 is 5.63 Å². The lowest BCUT2D eigenvalue weighted by atomic mass is 9.99. The molecule has 162 valence electrons. The summed E-state index contributed by atoms with van der Waals surface area (Å²) in [6.45, 7) is 1.90. The van der Waals surface area contributed by atoms with Crippen LogP contribution in [0.2, 0.25) is 0 Å². The second-order valence-corrected chi connectivity index (χ2v) is 7.83. The number of benzene rings is 3. The summed E-state index contributed by atoms with van der Waals surface area (Å²) < 4.78 is 10.8. The van der Waals surface area contributed by atoms with Crippen molar-refractivity contribution in [2.45, 2.75) is 6.92 Å². The topological polar surface area (TPSA) is 72.6 Å². The Morgan fingerprint density at radius 1 is 0.818 bits per heavy atom. The molecule has 0 aliphatic heterocycles. The third-order valence-corrected chi connectivity index (χ3v) is 5.61. The maximum absolute atomic E-state index is 13.0. The van der Waals surface area contributed by atoms with Crippen molar-refractivity contribution in [3.8, 4) is 45.1 Å². The van der Waals surface area contributed by atoms with Gasteiger partial charge in [0.2, 0.25) is 0 Å². The Kier molecular flexibility index (Phi) is 5.15. The molecule has 5 heteroatoms. The SMILES string of the molecule is COc1ccc(-c2cc(-c3ccccc3)nc(-c3c(O)c4ccc(C)cc4oc3=O)c2)cc1.